The Morgan fingerprint density at radius 3 is 2.74 bits per heavy atom. The second-order valence-corrected chi connectivity index (χ2v) is 5.78. The van der Waals surface area contributed by atoms with E-state index in [9.17, 15) is 18.3 Å². The van der Waals surface area contributed by atoms with Crippen LogP contribution < -0.4 is 5.32 Å². The van der Waals surface area contributed by atoms with E-state index in [0.29, 0.717) is 11.6 Å². The first-order chi connectivity index (χ1) is 9.00. The van der Waals surface area contributed by atoms with Crippen molar-refractivity contribution >= 4 is 11.3 Å². The van der Waals surface area contributed by atoms with Crippen LogP contribution in [0.1, 0.15) is 36.4 Å². The molecule has 0 aliphatic heterocycles. The number of thiazole rings is 1. The van der Waals surface area contributed by atoms with Gasteiger partial charge in [-0.2, -0.15) is 13.2 Å². The van der Waals surface area contributed by atoms with Crippen LogP contribution in [-0.4, -0.2) is 22.7 Å². The van der Waals surface area contributed by atoms with Gasteiger partial charge in [0, 0.05) is 24.6 Å². The fraction of sp³-hybridized carbons (Fsp3) is 0.750. The Bertz CT molecular complexity index is 408. The van der Waals surface area contributed by atoms with Gasteiger partial charge in [-0.3, -0.25) is 0 Å². The molecule has 2 rings (SSSR count). The van der Waals surface area contributed by atoms with Gasteiger partial charge in [0.05, 0.1) is 0 Å². The van der Waals surface area contributed by atoms with Crippen molar-refractivity contribution in [3.8, 4) is 0 Å². The van der Waals surface area contributed by atoms with E-state index in [4.69, 9.17) is 0 Å². The van der Waals surface area contributed by atoms with Gasteiger partial charge in [-0.25, -0.2) is 4.98 Å². The lowest BCUT2D eigenvalue weighted by Crippen LogP contribution is -2.39. The Kier molecular flexibility index (Phi) is 4.81. The van der Waals surface area contributed by atoms with Crippen LogP contribution >= 0.6 is 11.3 Å². The third-order valence-electron chi connectivity index (χ3n) is 3.50. The zero-order valence-corrected chi connectivity index (χ0v) is 11.2. The second-order valence-electron chi connectivity index (χ2n) is 4.84. The minimum Gasteiger partial charge on any atom is -0.396 e. The Morgan fingerprint density at radius 2 is 2.11 bits per heavy atom. The van der Waals surface area contributed by atoms with Crippen molar-refractivity contribution in [3.63, 3.8) is 0 Å². The number of alkyl halides is 3. The number of hydrogen-bond donors (Lipinski definition) is 2. The number of aliphatic hydroxyl groups is 1. The molecule has 1 saturated carbocycles. The third-order valence-corrected chi connectivity index (χ3v) is 4.35. The average Bonchev–Trinajstić information content (AvgIpc) is 2.85. The number of nitrogens with zero attached hydrogens (tertiary/aromatic N) is 1. The van der Waals surface area contributed by atoms with E-state index in [2.05, 4.69) is 10.3 Å². The normalized spacial score (nSPS) is 24.6. The molecule has 19 heavy (non-hydrogen) atoms. The smallest absolute Gasteiger partial charge is 0.396 e. The maximum Gasteiger partial charge on any atom is 0.434 e. The Balaban J connectivity index is 1.89. The summed E-state index contributed by atoms with van der Waals surface area (Å²) in [6.45, 7) is 0.464. The maximum absolute atomic E-state index is 12.4. The number of halogens is 3. The van der Waals surface area contributed by atoms with Crippen LogP contribution in [0.3, 0.4) is 0 Å². The van der Waals surface area contributed by atoms with Crippen LogP contribution in [0, 0.1) is 5.92 Å². The summed E-state index contributed by atoms with van der Waals surface area (Å²) in [7, 11) is 0. The van der Waals surface area contributed by atoms with Crippen molar-refractivity contribution < 1.29 is 18.3 Å². The zero-order chi connectivity index (χ0) is 13.9. The molecular weight excluding hydrogens is 277 g/mol. The summed E-state index contributed by atoms with van der Waals surface area (Å²) < 4.78 is 37.2. The van der Waals surface area contributed by atoms with Gasteiger partial charge in [0.2, 0.25) is 0 Å². The van der Waals surface area contributed by atoms with Crippen LogP contribution in [0.15, 0.2) is 5.38 Å². The molecule has 0 amide bonds. The van der Waals surface area contributed by atoms with Gasteiger partial charge in [0.1, 0.15) is 5.01 Å². The number of aromatic nitrogens is 1. The van der Waals surface area contributed by atoms with E-state index < -0.39 is 11.9 Å². The Labute approximate surface area is 113 Å². The Hall–Kier alpha value is -0.660. The molecule has 1 aliphatic rings. The maximum atomic E-state index is 12.4. The predicted molar refractivity (Wildman–Crippen MR) is 66.8 cm³/mol. The van der Waals surface area contributed by atoms with Gasteiger partial charge in [-0.15, -0.1) is 11.3 Å². The average molecular weight is 294 g/mol. The van der Waals surface area contributed by atoms with Gasteiger partial charge < -0.3 is 10.4 Å². The predicted octanol–water partition coefficient (Wildman–Crippen LogP) is 2.80. The summed E-state index contributed by atoms with van der Waals surface area (Å²) in [6, 6.07) is 0.178. The topological polar surface area (TPSA) is 45.1 Å². The highest BCUT2D eigenvalue weighted by molar-refractivity contribution is 7.09. The van der Waals surface area contributed by atoms with Crippen molar-refractivity contribution in [3.05, 3.63) is 16.1 Å². The van der Waals surface area contributed by atoms with Gasteiger partial charge in [0.25, 0.3) is 0 Å². The fourth-order valence-electron chi connectivity index (χ4n) is 2.44. The highest BCUT2D eigenvalue weighted by Gasteiger charge is 2.33. The monoisotopic (exact) mass is 294 g/mol. The summed E-state index contributed by atoms with van der Waals surface area (Å²) in [5, 5.41) is 14.0. The Morgan fingerprint density at radius 1 is 1.37 bits per heavy atom. The molecule has 0 bridgehead atoms. The minimum atomic E-state index is -4.37. The molecule has 0 unspecified atom stereocenters. The highest BCUT2D eigenvalue weighted by atomic mass is 32.1. The lowest BCUT2D eigenvalue weighted by Gasteiger charge is -2.30. The molecule has 1 aliphatic carbocycles. The zero-order valence-electron chi connectivity index (χ0n) is 10.4. The molecule has 0 radical (unpaired) electrons. The largest absolute Gasteiger partial charge is 0.434 e. The van der Waals surface area contributed by atoms with Gasteiger partial charge >= 0.3 is 6.18 Å². The second kappa shape index (κ2) is 6.19. The lowest BCUT2D eigenvalue weighted by atomic mass is 9.85. The van der Waals surface area contributed by atoms with E-state index in [0.717, 1.165) is 42.4 Å². The van der Waals surface area contributed by atoms with E-state index in [-0.39, 0.29) is 18.6 Å². The molecule has 1 fully saturated rings. The quantitative estimate of drug-likeness (QED) is 0.897. The summed E-state index contributed by atoms with van der Waals surface area (Å²) in [4.78, 5) is 3.59. The molecular formula is C12H17F3N2OS. The van der Waals surface area contributed by atoms with Crippen molar-refractivity contribution in [2.24, 2.45) is 5.92 Å². The minimum absolute atomic E-state index is 0.128. The van der Waals surface area contributed by atoms with Crippen LogP contribution in [0.5, 0.6) is 0 Å². The van der Waals surface area contributed by atoms with Crippen molar-refractivity contribution in [1.82, 2.24) is 10.3 Å². The van der Waals surface area contributed by atoms with Crippen molar-refractivity contribution in [1.29, 1.82) is 0 Å². The summed E-state index contributed by atoms with van der Waals surface area (Å²) in [5.74, 6) is 0.204. The third kappa shape index (κ3) is 3.90. The van der Waals surface area contributed by atoms with Gasteiger partial charge in [-0.1, -0.05) is 12.8 Å². The molecule has 3 nitrogen and oxygen atoms in total. The fourth-order valence-corrected chi connectivity index (χ4v) is 3.19. The molecule has 0 aromatic carbocycles. The molecule has 2 atom stereocenters. The molecule has 2 N–H and O–H groups in total. The first-order valence-electron chi connectivity index (χ1n) is 6.36. The molecule has 0 saturated heterocycles. The van der Waals surface area contributed by atoms with E-state index in [1.54, 1.807) is 0 Å². The van der Waals surface area contributed by atoms with Crippen molar-refractivity contribution in [2.45, 2.75) is 44.4 Å². The lowest BCUT2D eigenvalue weighted by molar-refractivity contribution is -0.140. The number of aliphatic hydroxyl groups excluding tert-OH is 1. The van der Waals surface area contributed by atoms with Crippen LogP contribution in [-0.2, 0) is 12.7 Å². The number of rotatable bonds is 4. The molecule has 1 aromatic rings. The van der Waals surface area contributed by atoms with E-state index >= 15 is 0 Å². The molecule has 0 spiro atoms. The first kappa shape index (κ1) is 14.7. The van der Waals surface area contributed by atoms with Gasteiger partial charge in [0.15, 0.2) is 5.69 Å². The first-order valence-corrected chi connectivity index (χ1v) is 7.24. The summed E-state index contributed by atoms with van der Waals surface area (Å²) in [6.07, 6.45) is -0.228. The molecule has 7 heteroatoms. The van der Waals surface area contributed by atoms with Gasteiger partial charge in [-0.05, 0) is 18.8 Å². The van der Waals surface area contributed by atoms with Crippen LogP contribution in [0.25, 0.3) is 0 Å². The van der Waals surface area contributed by atoms with Crippen LogP contribution in [0.4, 0.5) is 13.2 Å². The molecule has 1 aromatic heterocycles. The summed E-state index contributed by atoms with van der Waals surface area (Å²) in [5.41, 5.74) is -0.823. The molecule has 108 valence electrons. The van der Waals surface area contributed by atoms with Crippen LogP contribution in [0.2, 0.25) is 0 Å². The number of hydrogen-bond acceptors (Lipinski definition) is 4. The van der Waals surface area contributed by atoms with E-state index in [1.165, 1.54) is 0 Å². The SMILES string of the molecule is OC[C@@H]1CCCC[C@H]1NCc1nc(C(F)(F)F)cs1. The summed E-state index contributed by atoms with van der Waals surface area (Å²) >= 11 is 1.02. The molecule has 1 heterocycles. The number of nitrogens with one attached hydrogen (secondary N) is 1. The van der Waals surface area contributed by atoms with E-state index in [1.807, 2.05) is 0 Å². The standard InChI is InChI=1S/C12H17F3N2OS/c13-12(14,15)10-7-19-11(17-10)5-16-9-4-2-1-3-8(9)6-18/h7-9,16,18H,1-6H2/t8-,9+/m0/s1. The highest BCUT2D eigenvalue weighted by Crippen LogP contribution is 2.30. The van der Waals surface area contributed by atoms with Crippen molar-refractivity contribution in [2.75, 3.05) is 6.61 Å².